The first-order chi connectivity index (χ1) is 10.5. The molecule has 7 heteroatoms. The van der Waals surface area contributed by atoms with Crippen LogP contribution >= 0.6 is 0 Å². The Morgan fingerprint density at radius 3 is 2.95 bits per heavy atom. The predicted molar refractivity (Wildman–Crippen MR) is 84.6 cm³/mol. The van der Waals surface area contributed by atoms with Gasteiger partial charge in [0.15, 0.2) is 0 Å². The molecule has 2 heterocycles. The monoisotopic (exact) mass is 304 g/mol. The van der Waals surface area contributed by atoms with Crippen LogP contribution < -0.4 is 11.1 Å². The van der Waals surface area contributed by atoms with Crippen LogP contribution in [-0.4, -0.2) is 37.8 Å². The number of carbonyl (C=O) groups is 1. The minimum absolute atomic E-state index is 0.00744. The minimum atomic E-state index is -0.162. The highest BCUT2D eigenvalue weighted by molar-refractivity contribution is 5.92. The van der Waals surface area contributed by atoms with Gasteiger partial charge in [-0.3, -0.25) is 9.48 Å². The molecule has 0 radical (unpaired) electrons. The smallest absolute Gasteiger partial charge is 0.272 e. The normalized spacial score (nSPS) is 12.4. The van der Waals surface area contributed by atoms with Crippen LogP contribution in [0.15, 0.2) is 18.5 Å². The van der Waals surface area contributed by atoms with Gasteiger partial charge >= 0.3 is 0 Å². The van der Waals surface area contributed by atoms with Crippen molar-refractivity contribution in [3.05, 3.63) is 35.7 Å². The molecular weight excluding hydrogens is 280 g/mol. The summed E-state index contributed by atoms with van der Waals surface area (Å²) in [5, 5.41) is 7.26. The van der Waals surface area contributed by atoms with Crippen LogP contribution in [0.3, 0.4) is 0 Å². The highest BCUT2D eigenvalue weighted by atomic mass is 16.2. The van der Waals surface area contributed by atoms with Crippen molar-refractivity contribution < 1.29 is 4.79 Å². The molecule has 0 fully saturated rings. The lowest BCUT2D eigenvalue weighted by atomic mass is 10.3. The van der Waals surface area contributed by atoms with E-state index in [1.54, 1.807) is 16.9 Å². The van der Waals surface area contributed by atoms with Crippen molar-refractivity contribution in [3.63, 3.8) is 0 Å². The maximum atomic E-state index is 12.3. The summed E-state index contributed by atoms with van der Waals surface area (Å²) in [7, 11) is 0. The van der Waals surface area contributed by atoms with Gasteiger partial charge in [0.2, 0.25) is 0 Å². The second-order valence-electron chi connectivity index (χ2n) is 5.41. The summed E-state index contributed by atoms with van der Waals surface area (Å²) in [6.45, 7) is 7.76. The van der Waals surface area contributed by atoms with Crippen LogP contribution in [0.25, 0.3) is 0 Å². The van der Waals surface area contributed by atoms with Crippen molar-refractivity contribution in [1.82, 2.24) is 24.6 Å². The van der Waals surface area contributed by atoms with Gasteiger partial charge in [-0.15, -0.1) is 0 Å². The molecule has 3 N–H and O–H groups in total. The number of nitrogens with two attached hydrogens (primary N) is 1. The first-order valence-corrected chi connectivity index (χ1v) is 7.60. The molecule has 2 aromatic rings. The molecule has 0 aromatic carbocycles. The molecule has 0 saturated carbocycles. The largest absolute Gasteiger partial charge is 0.346 e. The minimum Gasteiger partial charge on any atom is -0.346 e. The Labute approximate surface area is 130 Å². The number of hydrogen-bond donors (Lipinski definition) is 2. The fourth-order valence-electron chi connectivity index (χ4n) is 2.43. The molecule has 1 atom stereocenters. The van der Waals surface area contributed by atoms with Gasteiger partial charge in [0.25, 0.3) is 5.91 Å². The van der Waals surface area contributed by atoms with Crippen molar-refractivity contribution in [2.45, 2.75) is 46.3 Å². The molecular formula is C15H24N6O. The summed E-state index contributed by atoms with van der Waals surface area (Å²) < 4.78 is 3.81. The highest BCUT2D eigenvalue weighted by Gasteiger charge is 2.15. The zero-order chi connectivity index (χ0) is 16.1. The van der Waals surface area contributed by atoms with Crippen LogP contribution in [0.2, 0.25) is 0 Å². The first kappa shape index (κ1) is 16.2. The zero-order valence-electron chi connectivity index (χ0n) is 13.4. The van der Waals surface area contributed by atoms with Crippen LogP contribution in [-0.2, 0) is 19.5 Å². The summed E-state index contributed by atoms with van der Waals surface area (Å²) in [6, 6.07) is 1.78. The van der Waals surface area contributed by atoms with E-state index in [0.29, 0.717) is 25.3 Å². The van der Waals surface area contributed by atoms with E-state index in [9.17, 15) is 4.79 Å². The number of imidazole rings is 1. The molecule has 22 heavy (non-hydrogen) atoms. The average molecular weight is 304 g/mol. The number of aryl methyl sites for hydroxylation is 2. The summed E-state index contributed by atoms with van der Waals surface area (Å²) in [5.41, 5.74) is 6.89. The predicted octanol–water partition coefficient (Wildman–Crippen LogP) is 0.728. The van der Waals surface area contributed by atoms with Crippen LogP contribution in [0.1, 0.15) is 35.9 Å². The van der Waals surface area contributed by atoms with Crippen LogP contribution in [0, 0.1) is 6.92 Å². The van der Waals surface area contributed by atoms with Crippen molar-refractivity contribution in [2.75, 3.05) is 6.54 Å². The number of hydrogen-bond acceptors (Lipinski definition) is 4. The number of nitrogens with zero attached hydrogens (tertiary/aromatic N) is 4. The molecule has 2 rings (SSSR count). The third-order valence-electron chi connectivity index (χ3n) is 3.52. The lowest BCUT2D eigenvalue weighted by molar-refractivity contribution is 0.0930. The highest BCUT2D eigenvalue weighted by Crippen LogP contribution is 2.05. The Bertz CT molecular complexity index is 630. The lowest BCUT2D eigenvalue weighted by Crippen LogP contribution is -2.36. The maximum absolute atomic E-state index is 12.3. The summed E-state index contributed by atoms with van der Waals surface area (Å²) in [4.78, 5) is 16.5. The second-order valence-corrected chi connectivity index (χ2v) is 5.41. The van der Waals surface area contributed by atoms with Crippen molar-refractivity contribution in [3.8, 4) is 0 Å². The van der Waals surface area contributed by atoms with Gasteiger partial charge in [-0.05, 0) is 19.9 Å². The van der Waals surface area contributed by atoms with E-state index in [4.69, 9.17) is 5.73 Å². The van der Waals surface area contributed by atoms with Gasteiger partial charge in [0.1, 0.15) is 11.5 Å². The number of rotatable bonds is 7. The summed E-state index contributed by atoms with van der Waals surface area (Å²) >= 11 is 0. The molecule has 0 bridgehead atoms. The quantitative estimate of drug-likeness (QED) is 0.789. The van der Waals surface area contributed by atoms with Crippen molar-refractivity contribution >= 4 is 5.91 Å². The summed E-state index contributed by atoms with van der Waals surface area (Å²) in [5.74, 6) is 0.855. The van der Waals surface area contributed by atoms with E-state index in [-0.39, 0.29) is 11.9 Å². The fourth-order valence-corrected chi connectivity index (χ4v) is 2.43. The molecule has 1 unspecified atom stereocenters. The molecule has 1 amide bonds. The first-order valence-electron chi connectivity index (χ1n) is 7.60. The van der Waals surface area contributed by atoms with Gasteiger partial charge < -0.3 is 15.6 Å². The molecule has 2 aromatic heterocycles. The summed E-state index contributed by atoms with van der Waals surface area (Å²) in [6.07, 6.45) is 4.59. The molecule has 7 nitrogen and oxygen atoms in total. The van der Waals surface area contributed by atoms with E-state index in [1.165, 1.54) is 0 Å². The molecule has 0 saturated heterocycles. The Balaban J connectivity index is 1.97. The average Bonchev–Trinajstić information content (AvgIpc) is 3.06. The number of aromatic nitrogens is 4. The topological polar surface area (TPSA) is 90.8 Å². The number of nitrogens with one attached hydrogen (secondary N) is 1. The van der Waals surface area contributed by atoms with E-state index in [2.05, 4.69) is 26.9 Å². The van der Waals surface area contributed by atoms with Gasteiger partial charge in [-0.2, -0.15) is 5.10 Å². The van der Waals surface area contributed by atoms with Gasteiger partial charge in [-0.25, -0.2) is 4.98 Å². The molecule has 0 aliphatic heterocycles. The van der Waals surface area contributed by atoms with Gasteiger partial charge in [-0.1, -0.05) is 6.92 Å². The molecule has 120 valence electrons. The Hall–Kier alpha value is -2.15. The SMILES string of the molecule is CCc1nccn1CC(C)NC(=O)c1cc(C)n(CCN)n1. The van der Waals surface area contributed by atoms with Crippen LogP contribution in [0.4, 0.5) is 0 Å². The maximum Gasteiger partial charge on any atom is 0.272 e. The number of amides is 1. The van der Waals surface area contributed by atoms with E-state index in [1.807, 2.05) is 20.0 Å². The van der Waals surface area contributed by atoms with Crippen molar-refractivity contribution in [2.24, 2.45) is 5.73 Å². The Morgan fingerprint density at radius 1 is 1.50 bits per heavy atom. The van der Waals surface area contributed by atoms with Crippen molar-refractivity contribution in [1.29, 1.82) is 0 Å². The van der Waals surface area contributed by atoms with Gasteiger partial charge in [0, 0.05) is 43.6 Å². The number of carbonyl (C=O) groups excluding carboxylic acids is 1. The zero-order valence-corrected chi connectivity index (χ0v) is 13.4. The van der Waals surface area contributed by atoms with Gasteiger partial charge in [0.05, 0.1) is 6.54 Å². The Kier molecular flexibility index (Phi) is 5.32. The second kappa shape index (κ2) is 7.22. The lowest BCUT2D eigenvalue weighted by Gasteiger charge is -2.15. The van der Waals surface area contributed by atoms with E-state index in [0.717, 1.165) is 17.9 Å². The van der Waals surface area contributed by atoms with E-state index >= 15 is 0 Å². The Morgan fingerprint density at radius 2 is 2.27 bits per heavy atom. The fraction of sp³-hybridized carbons (Fsp3) is 0.533. The van der Waals surface area contributed by atoms with E-state index < -0.39 is 0 Å². The molecule has 0 aliphatic carbocycles. The standard InChI is InChI=1S/C15H24N6O/c1-4-14-17-6-8-20(14)10-11(2)18-15(22)13-9-12(3)21(19-13)7-5-16/h6,8-9,11H,4-5,7,10,16H2,1-3H3,(H,18,22). The molecule has 0 aliphatic rings. The van der Waals surface area contributed by atoms with Crippen LogP contribution in [0.5, 0.6) is 0 Å². The third-order valence-corrected chi connectivity index (χ3v) is 3.52. The third kappa shape index (κ3) is 3.73. The molecule has 0 spiro atoms.